The molecule has 0 saturated carbocycles. The topological polar surface area (TPSA) is 74.8 Å². The molecule has 10 heteroatoms. The van der Waals surface area contributed by atoms with Crippen molar-refractivity contribution in [1.29, 1.82) is 0 Å². The maximum absolute atomic E-state index is 12.9. The number of H-pyrrole nitrogens is 1. The van der Waals surface area contributed by atoms with Gasteiger partial charge in [0.25, 0.3) is 10.6 Å². The van der Waals surface area contributed by atoms with Crippen LogP contribution >= 0.6 is 11.3 Å². The van der Waals surface area contributed by atoms with E-state index >= 15 is 0 Å². The Bertz CT molecular complexity index is 1120. The fraction of sp³-hybridized carbons (Fsp3) is 0.125. The fourth-order valence-electron chi connectivity index (χ4n) is 2.61. The summed E-state index contributed by atoms with van der Waals surface area (Å²) >= 11 is 0.903. The molecule has 0 saturated heterocycles. The maximum atomic E-state index is 12.9. The van der Waals surface area contributed by atoms with Crippen molar-refractivity contribution >= 4 is 38.9 Å². The molecule has 0 spiro atoms. The average molecular weight is 378 g/mol. The van der Waals surface area contributed by atoms with Crippen molar-refractivity contribution in [3.8, 4) is 0 Å². The minimum absolute atomic E-state index is 0.0647. The van der Waals surface area contributed by atoms with Crippen molar-refractivity contribution in [2.75, 3.05) is 5.32 Å². The van der Waals surface area contributed by atoms with E-state index in [1.807, 2.05) is 0 Å². The lowest BCUT2D eigenvalue weighted by Crippen LogP contribution is -2.27. The van der Waals surface area contributed by atoms with E-state index in [4.69, 9.17) is 0 Å². The Morgan fingerprint density at radius 3 is 2.77 bits per heavy atom. The molecule has 26 heavy (non-hydrogen) atoms. The summed E-state index contributed by atoms with van der Waals surface area (Å²) in [5, 5.41) is 3.63. The monoisotopic (exact) mass is 378 g/mol. The SMILES string of the molecule is O=C(Cc1ccc2nccnc2c1)Nc1[nH]c[n+]2c(C(F)(F)F)csc12. The summed E-state index contributed by atoms with van der Waals surface area (Å²) in [6.45, 7) is 0. The smallest absolute Gasteiger partial charge is 0.288 e. The number of nitrogens with zero attached hydrogens (tertiary/aromatic N) is 3. The number of anilines is 1. The number of rotatable bonds is 3. The summed E-state index contributed by atoms with van der Waals surface area (Å²) in [6.07, 6.45) is -0.0726. The molecule has 0 aliphatic carbocycles. The van der Waals surface area contributed by atoms with Crippen LogP contribution in [0.25, 0.3) is 15.9 Å². The third-order valence-electron chi connectivity index (χ3n) is 3.77. The summed E-state index contributed by atoms with van der Waals surface area (Å²) in [6, 6.07) is 5.29. The van der Waals surface area contributed by atoms with E-state index in [0.717, 1.165) is 32.2 Å². The fourth-order valence-corrected chi connectivity index (χ4v) is 3.58. The van der Waals surface area contributed by atoms with Gasteiger partial charge < -0.3 is 0 Å². The van der Waals surface area contributed by atoms with Crippen LogP contribution in [0.15, 0.2) is 42.3 Å². The third kappa shape index (κ3) is 2.99. The van der Waals surface area contributed by atoms with Gasteiger partial charge in [-0.1, -0.05) is 17.4 Å². The van der Waals surface area contributed by atoms with Crippen LogP contribution in [0.3, 0.4) is 0 Å². The predicted molar refractivity (Wildman–Crippen MR) is 88.7 cm³/mol. The predicted octanol–water partition coefficient (Wildman–Crippen LogP) is 2.96. The number of nitrogens with one attached hydrogen (secondary N) is 2. The Kier molecular flexibility index (Phi) is 3.83. The molecular formula is C16H11F3N5OS+. The minimum Gasteiger partial charge on any atom is -0.288 e. The largest absolute Gasteiger partial charge is 0.454 e. The molecule has 0 bridgehead atoms. The molecule has 6 nitrogen and oxygen atoms in total. The van der Waals surface area contributed by atoms with Gasteiger partial charge in [0.05, 0.1) is 17.5 Å². The molecule has 1 aromatic carbocycles. The summed E-state index contributed by atoms with van der Waals surface area (Å²) in [4.78, 5) is 23.6. The van der Waals surface area contributed by atoms with Gasteiger partial charge in [0.15, 0.2) is 0 Å². The minimum atomic E-state index is -4.46. The number of hydrogen-bond acceptors (Lipinski definition) is 4. The van der Waals surface area contributed by atoms with Crippen molar-refractivity contribution < 1.29 is 22.4 Å². The number of alkyl halides is 3. The normalized spacial score (nSPS) is 12.0. The van der Waals surface area contributed by atoms with E-state index < -0.39 is 11.9 Å². The molecule has 0 aliphatic heterocycles. The number of carbonyl (C=O) groups is 1. The number of fused-ring (bicyclic) bond motifs is 2. The Morgan fingerprint density at radius 2 is 2.00 bits per heavy atom. The first-order chi connectivity index (χ1) is 12.4. The molecular weight excluding hydrogens is 367 g/mol. The molecule has 3 aromatic heterocycles. The molecule has 4 rings (SSSR count). The highest BCUT2D eigenvalue weighted by Gasteiger charge is 2.39. The van der Waals surface area contributed by atoms with Gasteiger partial charge in [0.1, 0.15) is 0 Å². The molecule has 132 valence electrons. The van der Waals surface area contributed by atoms with Gasteiger partial charge in [-0.3, -0.25) is 20.1 Å². The van der Waals surface area contributed by atoms with Crippen molar-refractivity contribution in [2.45, 2.75) is 12.6 Å². The number of benzene rings is 1. The lowest BCUT2D eigenvalue weighted by Gasteiger charge is -2.02. The van der Waals surface area contributed by atoms with Crippen LogP contribution in [0, 0.1) is 0 Å². The Balaban J connectivity index is 1.54. The van der Waals surface area contributed by atoms with Crippen LogP contribution in [0.1, 0.15) is 11.3 Å². The summed E-state index contributed by atoms with van der Waals surface area (Å²) in [5.41, 5.74) is 1.33. The first-order valence-electron chi connectivity index (χ1n) is 7.49. The van der Waals surface area contributed by atoms with Crippen molar-refractivity contribution in [3.05, 3.63) is 53.6 Å². The summed E-state index contributed by atoms with van der Waals surface area (Å²) < 4.78 is 39.7. The molecule has 0 atom stereocenters. The molecule has 0 unspecified atom stereocenters. The molecule has 3 heterocycles. The number of carbonyl (C=O) groups excluding carboxylic acids is 1. The second kappa shape index (κ2) is 6.06. The van der Waals surface area contributed by atoms with E-state index in [9.17, 15) is 18.0 Å². The Hall–Kier alpha value is -3.01. The van der Waals surface area contributed by atoms with E-state index in [1.54, 1.807) is 30.6 Å². The van der Waals surface area contributed by atoms with Crippen molar-refractivity contribution in [1.82, 2.24) is 15.0 Å². The molecule has 2 N–H and O–H groups in total. The highest BCUT2D eigenvalue weighted by molar-refractivity contribution is 7.15. The third-order valence-corrected chi connectivity index (χ3v) is 4.73. The van der Waals surface area contributed by atoms with Gasteiger partial charge in [-0.2, -0.15) is 17.6 Å². The quantitative estimate of drug-likeness (QED) is 0.538. The zero-order valence-electron chi connectivity index (χ0n) is 13.0. The highest BCUT2D eigenvalue weighted by atomic mass is 32.1. The molecule has 0 fully saturated rings. The second-order valence-corrected chi connectivity index (χ2v) is 6.40. The van der Waals surface area contributed by atoms with Crippen molar-refractivity contribution in [2.24, 2.45) is 0 Å². The van der Waals surface area contributed by atoms with Gasteiger partial charge in [0, 0.05) is 17.8 Å². The van der Waals surface area contributed by atoms with Crippen molar-refractivity contribution in [3.63, 3.8) is 0 Å². The van der Waals surface area contributed by atoms with Crippen LogP contribution in [0.2, 0.25) is 0 Å². The number of halogens is 3. The zero-order valence-corrected chi connectivity index (χ0v) is 13.9. The standard InChI is InChI=1S/C16H10F3N5OS/c17-16(18,19)12-7-26-15-14(22-8-24(12)15)23-13(25)6-9-1-2-10-11(5-9)21-4-3-20-10/h1-5,7-8H,6H2,(H,23,25)/p+1. The number of aromatic nitrogens is 4. The van der Waals surface area contributed by atoms with Crippen LogP contribution in [0.5, 0.6) is 0 Å². The van der Waals surface area contributed by atoms with Gasteiger partial charge in [-0.05, 0) is 17.7 Å². The van der Waals surface area contributed by atoms with Gasteiger partial charge in [0.2, 0.25) is 17.9 Å². The van der Waals surface area contributed by atoms with Gasteiger partial charge in [-0.15, -0.1) is 0 Å². The van der Waals surface area contributed by atoms with Gasteiger partial charge in [-0.25, -0.2) is 4.98 Å². The molecule has 1 amide bonds. The van der Waals surface area contributed by atoms with E-state index in [2.05, 4.69) is 20.3 Å². The number of hydrogen-bond donors (Lipinski definition) is 2. The van der Waals surface area contributed by atoms with Crippen LogP contribution < -0.4 is 9.72 Å². The highest BCUT2D eigenvalue weighted by Crippen LogP contribution is 2.30. The lowest BCUT2D eigenvalue weighted by atomic mass is 10.1. The lowest BCUT2D eigenvalue weighted by molar-refractivity contribution is -0.537. The number of amides is 1. The second-order valence-electron chi connectivity index (χ2n) is 5.55. The summed E-state index contributed by atoms with van der Waals surface area (Å²) in [5.74, 6) is -0.115. The van der Waals surface area contributed by atoms with Crippen LogP contribution in [-0.4, -0.2) is 20.9 Å². The van der Waals surface area contributed by atoms with Crippen LogP contribution in [0.4, 0.5) is 19.0 Å². The van der Waals surface area contributed by atoms with E-state index in [0.29, 0.717) is 5.52 Å². The van der Waals surface area contributed by atoms with E-state index in [-0.39, 0.29) is 23.0 Å². The zero-order chi connectivity index (χ0) is 18.3. The first-order valence-corrected chi connectivity index (χ1v) is 8.37. The molecule has 4 aromatic rings. The number of aromatic amines is 1. The van der Waals surface area contributed by atoms with Crippen LogP contribution in [-0.2, 0) is 17.4 Å². The summed E-state index contributed by atoms with van der Waals surface area (Å²) in [7, 11) is 0. The number of imidazole rings is 1. The first kappa shape index (κ1) is 16.5. The molecule has 0 aliphatic rings. The maximum Gasteiger partial charge on any atom is 0.454 e. The number of thiazole rings is 1. The molecule has 0 radical (unpaired) electrons. The van der Waals surface area contributed by atoms with E-state index in [1.165, 1.54) is 6.33 Å². The Morgan fingerprint density at radius 1 is 1.23 bits per heavy atom. The average Bonchev–Trinajstić information content (AvgIpc) is 3.17. The Labute approximate surface area is 148 Å². The van der Waals surface area contributed by atoms with Gasteiger partial charge >= 0.3 is 6.18 Å².